The summed E-state index contributed by atoms with van der Waals surface area (Å²) < 4.78 is 7.19. The molecule has 6 nitrogen and oxygen atoms in total. The molecule has 2 aromatic rings. The molecule has 2 aliphatic rings. The van der Waals surface area contributed by atoms with Gasteiger partial charge in [-0.1, -0.05) is 12.1 Å². The van der Waals surface area contributed by atoms with Crippen molar-refractivity contribution in [3.63, 3.8) is 0 Å². The van der Waals surface area contributed by atoms with Crippen LogP contribution in [0.3, 0.4) is 0 Å². The number of hydrogen-bond acceptors (Lipinski definition) is 4. The molecule has 0 spiro atoms. The standard InChI is InChI=1S/C18H24N4O2/c1-2-9-22-16(5-8-19-22)13-6-10-21(11-7-13)18(23)15-12-24-20-17(15)14-3-4-14/h5,8,12-14H,2-4,6-7,9-11H2,1H3. The summed E-state index contributed by atoms with van der Waals surface area (Å²) >= 11 is 0. The van der Waals surface area contributed by atoms with E-state index in [1.807, 2.05) is 11.1 Å². The highest BCUT2D eigenvalue weighted by molar-refractivity contribution is 5.95. The molecule has 0 N–H and O–H groups in total. The van der Waals surface area contributed by atoms with Gasteiger partial charge in [-0.25, -0.2) is 0 Å². The molecule has 2 fully saturated rings. The molecule has 0 radical (unpaired) electrons. The minimum absolute atomic E-state index is 0.0821. The van der Waals surface area contributed by atoms with Crippen LogP contribution in [0.4, 0.5) is 0 Å². The molecular formula is C18H24N4O2. The summed E-state index contributed by atoms with van der Waals surface area (Å²) in [5, 5.41) is 8.48. The molecule has 1 aliphatic heterocycles. The maximum Gasteiger partial charge on any atom is 0.259 e. The van der Waals surface area contributed by atoms with Gasteiger partial charge in [0.15, 0.2) is 0 Å². The molecule has 0 unspecified atom stereocenters. The second kappa shape index (κ2) is 6.42. The van der Waals surface area contributed by atoms with Crippen LogP contribution in [0.15, 0.2) is 23.0 Å². The van der Waals surface area contributed by atoms with Crippen molar-refractivity contribution in [2.45, 2.75) is 57.4 Å². The lowest BCUT2D eigenvalue weighted by Crippen LogP contribution is -2.38. The number of piperidine rings is 1. The van der Waals surface area contributed by atoms with E-state index in [2.05, 4.69) is 27.9 Å². The number of carbonyl (C=O) groups is 1. The van der Waals surface area contributed by atoms with E-state index in [9.17, 15) is 4.79 Å². The average molecular weight is 328 g/mol. The minimum Gasteiger partial charge on any atom is -0.364 e. The van der Waals surface area contributed by atoms with E-state index in [1.165, 1.54) is 12.0 Å². The highest BCUT2D eigenvalue weighted by Crippen LogP contribution is 2.41. The molecular weight excluding hydrogens is 304 g/mol. The Bertz CT molecular complexity index is 708. The van der Waals surface area contributed by atoms with Gasteiger partial charge < -0.3 is 9.42 Å². The Balaban J connectivity index is 1.41. The normalized spacial score (nSPS) is 19.0. The number of aromatic nitrogens is 3. The number of nitrogens with zero attached hydrogens (tertiary/aromatic N) is 4. The molecule has 0 atom stereocenters. The predicted molar refractivity (Wildman–Crippen MR) is 88.9 cm³/mol. The highest BCUT2D eigenvalue weighted by atomic mass is 16.5. The Kier molecular flexibility index (Phi) is 4.12. The first-order valence-electron chi connectivity index (χ1n) is 9.03. The highest BCUT2D eigenvalue weighted by Gasteiger charge is 2.34. The molecule has 128 valence electrons. The Morgan fingerprint density at radius 3 is 2.75 bits per heavy atom. The summed E-state index contributed by atoms with van der Waals surface area (Å²) in [6.07, 6.45) is 8.73. The van der Waals surface area contributed by atoms with Gasteiger partial charge in [-0.05, 0) is 38.2 Å². The van der Waals surface area contributed by atoms with E-state index in [4.69, 9.17) is 4.52 Å². The van der Waals surface area contributed by atoms with Gasteiger partial charge in [0, 0.05) is 43.4 Å². The first-order chi connectivity index (χ1) is 11.8. The van der Waals surface area contributed by atoms with Crippen LogP contribution >= 0.6 is 0 Å². The molecule has 2 aromatic heterocycles. The van der Waals surface area contributed by atoms with E-state index in [0.29, 0.717) is 17.4 Å². The van der Waals surface area contributed by atoms with E-state index in [1.54, 1.807) is 0 Å². The van der Waals surface area contributed by atoms with E-state index in [-0.39, 0.29) is 5.91 Å². The van der Waals surface area contributed by atoms with Gasteiger partial charge >= 0.3 is 0 Å². The maximum absolute atomic E-state index is 12.8. The van der Waals surface area contributed by atoms with Crippen LogP contribution in [0, 0.1) is 0 Å². The quantitative estimate of drug-likeness (QED) is 0.845. The second-order valence-corrected chi connectivity index (χ2v) is 6.93. The first kappa shape index (κ1) is 15.4. The molecule has 0 aromatic carbocycles. The van der Waals surface area contributed by atoms with Gasteiger partial charge in [-0.3, -0.25) is 9.48 Å². The molecule has 0 bridgehead atoms. The van der Waals surface area contributed by atoms with Crippen LogP contribution in [0.5, 0.6) is 0 Å². The summed E-state index contributed by atoms with van der Waals surface area (Å²) in [5.74, 6) is 1.01. The zero-order valence-electron chi connectivity index (χ0n) is 14.1. The SMILES string of the molecule is CCCn1nccc1C1CCN(C(=O)c2conc2C2CC2)CC1. The molecule has 1 aliphatic carbocycles. The average Bonchev–Trinajstić information content (AvgIpc) is 3.15. The summed E-state index contributed by atoms with van der Waals surface area (Å²) in [6, 6.07) is 2.13. The number of carbonyl (C=O) groups excluding carboxylic acids is 1. The zero-order valence-corrected chi connectivity index (χ0v) is 14.1. The number of aryl methyl sites for hydroxylation is 1. The first-order valence-corrected chi connectivity index (χ1v) is 9.03. The second-order valence-electron chi connectivity index (χ2n) is 6.93. The van der Waals surface area contributed by atoms with Gasteiger partial charge in [-0.15, -0.1) is 0 Å². The topological polar surface area (TPSA) is 64.2 Å². The molecule has 1 saturated heterocycles. The molecule has 3 heterocycles. The van der Waals surface area contributed by atoms with Crippen molar-refractivity contribution in [2.24, 2.45) is 0 Å². The van der Waals surface area contributed by atoms with Crippen molar-refractivity contribution >= 4 is 5.91 Å². The molecule has 1 amide bonds. The van der Waals surface area contributed by atoms with Crippen LogP contribution in [0.2, 0.25) is 0 Å². The number of likely N-dealkylation sites (tertiary alicyclic amines) is 1. The lowest BCUT2D eigenvalue weighted by molar-refractivity contribution is 0.0709. The zero-order chi connectivity index (χ0) is 16.5. The molecule has 4 rings (SSSR count). The summed E-state index contributed by atoms with van der Waals surface area (Å²) in [4.78, 5) is 14.7. The summed E-state index contributed by atoms with van der Waals surface area (Å²) in [5.41, 5.74) is 2.85. The predicted octanol–water partition coefficient (Wildman–Crippen LogP) is 3.18. The fraction of sp³-hybridized carbons (Fsp3) is 0.611. The summed E-state index contributed by atoms with van der Waals surface area (Å²) in [6.45, 7) is 4.71. The van der Waals surface area contributed by atoms with Crippen LogP contribution in [-0.2, 0) is 6.54 Å². The fourth-order valence-electron chi connectivity index (χ4n) is 3.69. The Morgan fingerprint density at radius 1 is 1.25 bits per heavy atom. The number of amides is 1. The van der Waals surface area contributed by atoms with Crippen molar-refractivity contribution in [2.75, 3.05) is 13.1 Å². The van der Waals surface area contributed by atoms with E-state index < -0.39 is 0 Å². The van der Waals surface area contributed by atoms with Gasteiger partial charge in [0.1, 0.15) is 11.8 Å². The van der Waals surface area contributed by atoms with Crippen LogP contribution in [-0.4, -0.2) is 38.8 Å². The summed E-state index contributed by atoms with van der Waals surface area (Å²) in [7, 11) is 0. The van der Waals surface area contributed by atoms with Gasteiger partial charge in [0.2, 0.25) is 0 Å². The number of rotatable bonds is 5. The van der Waals surface area contributed by atoms with Crippen molar-refractivity contribution in [1.29, 1.82) is 0 Å². The fourth-order valence-corrected chi connectivity index (χ4v) is 3.69. The third kappa shape index (κ3) is 2.85. The number of hydrogen-bond donors (Lipinski definition) is 0. The van der Waals surface area contributed by atoms with E-state index in [0.717, 1.165) is 57.4 Å². The Labute approximate surface area is 141 Å². The monoisotopic (exact) mass is 328 g/mol. The van der Waals surface area contributed by atoms with Crippen molar-refractivity contribution in [3.8, 4) is 0 Å². The third-order valence-corrected chi connectivity index (χ3v) is 5.18. The van der Waals surface area contributed by atoms with Crippen molar-refractivity contribution in [1.82, 2.24) is 19.8 Å². The minimum atomic E-state index is 0.0821. The van der Waals surface area contributed by atoms with Crippen LogP contribution < -0.4 is 0 Å². The maximum atomic E-state index is 12.8. The molecule has 6 heteroatoms. The van der Waals surface area contributed by atoms with Crippen molar-refractivity contribution < 1.29 is 9.32 Å². The van der Waals surface area contributed by atoms with Crippen LogP contribution in [0.1, 0.15) is 72.6 Å². The lowest BCUT2D eigenvalue weighted by atomic mass is 9.93. The van der Waals surface area contributed by atoms with Gasteiger partial charge in [0.05, 0.1) is 5.69 Å². The third-order valence-electron chi connectivity index (χ3n) is 5.18. The Hall–Kier alpha value is -2.11. The van der Waals surface area contributed by atoms with E-state index >= 15 is 0 Å². The van der Waals surface area contributed by atoms with Gasteiger partial charge in [0.25, 0.3) is 5.91 Å². The molecule has 24 heavy (non-hydrogen) atoms. The van der Waals surface area contributed by atoms with Crippen molar-refractivity contribution in [3.05, 3.63) is 35.5 Å². The molecule has 1 saturated carbocycles. The smallest absolute Gasteiger partial charge is 0.259 e. The lowest BCUT2D eigenvalue weighted by Gasteiger charge is -2.32. The largest absolute Gasteiger partial charge is 0.364 e. The Morgan fingerprint density at radius 2 is 2.04 bits per heavy atom. The van der Waals surface area contributed by atoms with Crippen LogP contribution in [0.25, 0.3) is 0 Å². The van der Waals surface area contributed by atoms with Gasteiger partial charge in [-0.2, -0.15) is 5.10 Å².